The fourth-order valence-corrected chi connectivity index (χ4v) is 2.80. The van der Waals surface area contributed by atoms with Gasteiger partial charge in [-0.2, -0.15) is 0 Å². The van der Waals surface area contributed by atoms with Crippen LogP contribution in [0.1, 0.15) is 43.9 Å². The summed E-state index contributed by atoms with van der Waals surface area (Å²) in [6.45, 7) is 4.06. The van der Waals surface area contributed by atoms with Crippen LogP contribution in [0.15, 0.2) is 23.5 Å². The van der Waals surface area contributed by atoms with Gasteiger partial charge in [0.25, 0.3) is 0 Å². The molecule has 1 aliphatic carbocycles. The zero-order chi connectivity index (χ0) is 14.4. The number of pyridine rings is 1. The Labute approximate surface area is 120 Å². The van der Waals surface area contributed by atoms with Crippen LogP contribution in [0, 0.1) is 11.8 Å². The number of oxime groups is 1. The molecule has 1 aliphatic rings. The second-order valence-corrected chi connectivity index (χ2v) is 5.75. The SMILES string of the molecule is CC1CCC(CNCc2cccnc2C(N)=NO)CC1. The van der Waals surface area contributed by atoms with Crippen molar-refractivity contribution >= 4 is 5.84 Å². The van der Waals surface area contributed by atoms with E-state index in [9.17, 15) is 0 Å². The molecule has 0 aliphatic heterocycles. The number of nitrogens with one attached hydrogen (secondary N) is 1. The van der Waals surface area contributed by atoms with E-state index in [1.807, 2.05) is 12.1 Å². The van der Waals surface area contributed by atoms with E-state index in [1.165, 1.54) is 25.7 Å². The Bertz CT molecular complexity index is 453. The summed E-state index contributed by atoms with van der Waals surface area (Å²) in [5.74, 6) is 1.72. The maximum Gasteiger partial charge on any atom is 0.189 e. The number of hydrogen-bond donors (Lipinski definition) is 3. The Hall–Kier alpha value is -1.62. The average molecular weight is 276 g/mol. The highest BCUT2D eigenvalue weighted by Gasteiger charge is 2.17. The third kappa shape index (κ3) is 3.93. The molecule has 0 radical (unpaired) electrons. The summed E-state index contributed by atoms with van der Waals surface area (Å²) in [4.78, 5) is 4.17. The molecular formula is C15H24N4O. The first kappa shape index (κ1) is 14.8. The van der Waals surface area contributed by atoms with Gasteiger partial charge in [0.2, 0.25) is 0 Å². The van der Waals surface area contributed by atoms with Crippen LogP contribution < -0.4 is 11.1 Å². The van der Waals surface area contributed by atoms with Gasteiger partial charge in [0.15, 0.2) is 5.84 Å². The van der Waals surface area contributed by atoms with Crippen molar-refractivity contribution in [3.8, 4) is 0 Å². The van der Waals surface area contributed by atoms with Crippen molar-refractivity contribution in [1.82, 2.24) is 10.3 Å². The molecule has 1 saturated carbocycles. The number of nitrogens with two attached hydrogens (primary N) is 1. The van der Waals surface area contributed by atoms with Gasteiger partial charge >= 0.3 is 0 Å². The number of amidine groups is 1. The van der Waals surface area contributed by atoms with Crippen LogP contribution in [0.25, 0.3) is 0 Å². The van der Waals surface area contributed by atoms with Crippen molar-refractivity contribution in [2.45, 2.75) is 39.2 Å². The molecule has 0 bridgehead atoms. The molecule has 1 aromatic rings. The monoisotopic (exact) mass is 276 g/mol. The molecule has 0 aromatic carbocycles. The third-order valence-electron chi connectivity index (χ3n) is 4.13. The molecule has 5 heteroatoms. The lowest BCUT2D eigenvalue weighted by molar-refractivity contribution is 0.281. The second kappa shape index (κ2) is 7.24. The number of hydrogen-bond acceptors (Lipinski definition) is 4. The van der Waals surface area contributed by atoms with Crippen LogP contribution in [0.4, 0.5) is 0 Å². The van der Waals surface area contributed by atoms with Crippen LogP contribution in [-0.2, 0) is 6.54 Å². The zero-order valence-corrected chi connectivity index (χ0v) is 12.0. The lowest BCUT2D eigenvalue weighted by Crippen LogP contribution is -2.27. The normalized spacial score (nSPS) is 23.8. The smallest absolute Gasteiger partial charge is 0.189 e. The Morgan fingerprint density at radius 3 is 2.90 bits per heavy atom. The first-order valence-corrected chi connectivity index (χ1v) is 7.33. The predicted octanol–water partition coefficient (Wildman–Crippen LogP) is 2.09. The summed E-state index contributed by atoms with van der Waals surface area (Å²) in [5.41, 5.74) is 7.15. The minimum Gasteiger partial charge on any atom is -0.409 e. The zero-order valence-electron chi connectivity index (χ0n) is 12.0. The van der Waals surface area contributed by atoms with Gasteiger partial charge in [-0.25, -0.2) is 0 Å². The van der Waals surface area contributed by atoms with Gasteiger partial charge in [-0.1, -0.05) is 31.0 Å². The van der Waals surface area contributed by atoms with Crippen LogP contribution in [-0.4, -0.2) is 22.6 Å². The van der Waals surface area contributed by atoms with Gasteiger partial charge in [-0.3, -0.25) is 4.98 Å². The van der Waals surface area contributed by atoms with Crippen molar-refractivity contribution in [3.63, 3.8) is 0 Å². The number of aromatic nitrogens is 1. The molecule has 2 rings (SSSR count). The van der Waals surface area contributed by atoms with Crippen LogP contribution in [0.2, 0.25) is 0 Å². The Balaban J connectivity index is 1.85. The lowest BCUT2D eigenvalue weighted by atomic mass is 9.83. The first-order valence-electron chi connectivity index (χ1n) is 7.33. The lowest BCUT2D eigenvalue weighted by Gasteiger charge is -2.26. The molecule has 1 heterocycles. The van der Waals surface area contributed by atoms with Gasteiger partial charge in [0.05, 0.1) is 0 Å². The van der Waals surface area contributed by atoms with Crippen LogP contribution >= 0.6 is 0 Å². The largest absolute Gasteiger partial charge is 0.409 e. The molecule has 4 N–H and O–H groups in total. The summed E-state index contributed by atoms with van der Waals surface area (Å²) in [6, 6.07) is 3.82. The predicted molar refractivity (Wildman–Crippen MR) is 79.6 cm³/mol. The van der Waals surface area contributed by atoms with Crippen molar-refractivity contribution in [2.75, 3.05) is 6.54 Å². The number of rotatable bonds is 5. The maximum atomic E-state index is 8.77. The van der Waals surface area contributed by atoms with Gasteiger partial charge < -0.3 is 16.3 Å². The molecule has 0 saturated heterocycles. The summed E-state index contributed by atoms with van der Waals surface area (Å²) in [6.07, 6.45) is 6.96. The van der Waals surface area contributed by atoms with E-state index in [1.54, 1.807) is 6.20 Å². The molecule has 0 unspecified atom stereocenters. The van der Waals surface area contributed by atoms with Crippen molar-refractivity contribution < 1.29 is 5.21 Å². The molecule has 0 spiro atoms. The molecule has 20 heavy (non-hydrogen) atoms. The maximum absolute atomic E-state index is 8.77. The second-order valence-electron chi connectivity index (χ2n) is 5.75. The van der Waals surface area contributed by atoms with Crippen LogP contribution in [0.3, 0.4) is 0 Å². The van der Waals surface area contributed by atoms with Crippen molar-refractivity contribution in [2.24, 2.45) is 22.7 Å². The molecule has 0 atom stereocenters. The fraction of sp³-hybridized carbons (Fsp3) is 0.600. The van der Waals surface area contributed by atoms with E-state index in [2.05, 4.69) is 22.4 Å². The highest BCUT2D eigenvalue weighted by molar-refractivity contribution is 5.96. The van der Waals surface area contributed by atoms with E-state index in [-0.39, 0.29) is 5.84 Å². The van der Waals surface area contributed by atoms with Crippen LogP contribution in [0.5, 0.6) is 0 Å². The van der Waals surface area contributed by atoms with E-state index in [0.29, 0.717) is 12.2 Å². The summed E-state index contributed by atoms with van der Waals surface area (Å²) < 4.78 is 0. The molecule has 1 fully saturated rings. The van der Waals surface area contributed by atoms with Gasteiger partial charge in [0.1, 0.15) is 5.69 Å². The Morgan fingerprint density at radius 1 is 1.45 bits per heavy atom. The van der Waals surface area contributed by atoms with Crippen molar-refractivity contribution in [3.05, 3.63) is 29.6 Å². The standard InChI is InChI=1S/C15H24N4O/c1-11-4-6-12(7-5-11)9-17-10-13-3-2-8-18-14(13)15(16)19-20/h2-3,8,11-12,17,20H,4-7,9-10H2,1H3,(H2,16,19). The molecule has 0 amide bonds. The Kier molecular flexibility index (Phi) is 5.35. The summed E-state index contributed by atoms with van der Waals surface area (Å²) >= 11 is 0. The van der Waals surface area contributed by atoms with E-state index < -0.39 is 0 Å². The quantitative estimate of drug-likeness (QED) is 0.333. The molecule has 110 valence electrons. The van der Waals surface area contributed by atoms with Gasteiger partial charge in [-0.15, -0.1) is 0 Å². The topological polar surface area (TPSA) is 83.5 Å². The van der Waals surface area contributed by atoms with E-state index in [4.69, 9.17) is 10.9 Å². The third-order valence-corrected chi connectivity index (χ3v) is 4.13. The van der Waals surface area contributed by atoms with Crippen molar-refractivity contribution in [1.29, 1.82) is 0 Å². The first-order chi connectivity index (χ1) is 9.70. The molecular weight excluding hydrogens is 252 g/mol. The Morgan fingerprint density at radius 2 is 2.20 bits per heavy atom. The van der Waals surface area contributed by atoms with Gasteiger partial charge in [0, 0.05) is 12.7 Å². The highest BCUT2D eigenvalue weighted by Crippen LogP contribution is 2.27. The fourth-order valence-electron chi connectivity index (χ4n) is 2.80. The van der Waals surface area contributed by atoms with Gasteiger partial charge in [-0.05, 0) is 42.9 Å². The van der Waals surface area contributed by atoms with E-state index in [0.717, 1.165) is 23.9 Å². The average Bonchev–Trinajstić information content (AvgIpc) is 2.49. The molecule has 1 aromatic heterocycles. The minimum absolute atomic E-state index is 0.0638. The summed E-state index contributed by atoms with van der Waals surface area (Å²) in [5, 5.41) is 15.3. The highest BCUT2D eigenvalue weighted by atomic mass is 16.4. The summed E-state index contributed by atoms with van der Waals surface area (Å²) in [7, 11) is 0. The molecule has 5 nitrogen and oxygen atoms in total. The van der Waals surface area contributed by atoms with E-state index >= 15 is 0 Å². The number of nitrogens with zero attached hydrogens (tertiary/aromatic N) is 2. The minimum atomic E-state index is 0.0638.